The van der Waals surface area contributed by atoms with E-state index in [1.807, 2.05) is 0 Å². The van der Waals surface area contributed by atoms with E-state index in [4.69, 9.17) is 9.47 Å². The Morgan fingerprint density at radius 2 is 1.68 bits per heavy atom. The number of carbonyl (C=O) groups is 2. The highest BCUT2D eigenvalue weighted by Crippen LogP contribution is 2.39. The van der Waals surface area contributed by atoms with Gasteiger partial charge in [0, 0.05) is 42.1 Å². The molecule has 0 bridgehead atoms. The molecule has 14 heteroatoms. The van der Waals surface area contributed by atoms with Crippen molar-refractivity contribution in [3.8, 4) is 16.9 Å². The first kappa shape index (κ1) is 28.5. The van der Waals surface area contributed by atoms with Gasteiger partial charge in [0.25, 0.3) is 5.91 Å². The van der Waals surface area contributed by atoms with Crippen LogP contribution in [0.1, 0.15) is 22.8 Å². The lowest BCUT2D eigenvalue weighted by Crippen LogP contribution is -2.35. The fourth-order valence-corrected chi connectivity index (χ4v) is 4.07. The number of hydrogen-bond acceptors (Lipinski definition) is 7. The number of halogens is 5. The van der Waals surface area contributed by atoms with E-state index in [9.17, 15) is 40.0 Å². The van der Waals surface area contributed by atoms with Crippen LogP contribution >= 0.6 is 0 Å². The lowest BCUT2D eigenvalue weighted by molar-refractivity contribution is -0.140. The van der Waals surface area contributed by atoms with Crippen LogP contribution in [0.3, 0.4) is 0 Å². The number of esters is 1. The normalized spacial score (nSPS) is 11.7. The third kappa shape index (κ3) is 6.25. The van der Waals surface area contributed by atoms with Crippen molar-refractivity contribution < 1.29 is 49.4 Å². The Hall–Kier alpha value is -4.07. The number of pyridine rings is 1. The predicted molar refractivity (Wildman–Crippen MR) is 124 cm³/mol. The molecule has 0 unspecified atom stereocenters. The van der Waals surface area contributed by atoms with Crippen molar-refractivity contribution in [2.24, 2.45) is 0 Å². The van der Waals surface area contributed by atoms with Crippen molar-refractivity contribution >= 4 is 27.4 Å². The average molecular weight is 558 g/mol. The molecule has 1 amide bonds. The number of methoxy groups -OCH3 is 1. The molecule has 0 aliphatic heterocycles. The van der Waals surface area contributed by atoms with Gasteiger partial charge in [-0.1, -0.05) is 0 Å². The van der Waals surface area contributed by atoms with Crippen LogP contribution in [0.2, 0.25) is 0 Å². The number of ether oxygens (including phenoxy) is 2. The summed E-state index contributed by atoms with van der Waals surface area (Å²) in [6.45, 7) is 0.167. The van der Waals surface area contributed by atoms with E-state index in [-0.39, 0.29) is 22.6 Å². The van der Waals surface area contributed by atoms with Crippen LogP contribution in [0.5, 0.6) is 5.75 Å². The van der Waals surface area contributed by atoms with Gasteiger partial charge in [0.2, 0.25) is 0 Å². The van der Waals surface area contributed by atoms with Gasteiger partial charge in [-0.15, -0.1) is 0 Å². The van der Waals surface area contributed by atoms with Gasteiger partial charge >= 0.3 is 12.1 Å². The number of carbonyl (C=O) groups excluding carboxylic acids is 2. The van der Waals surface area contributed by atoms with Crippen LogP contribution in [0.4, 0.5) is 27.6 Å². The van der Waals surface area contributed by atoms with Gasteiger partial charge < -0.3 is 9.47 Å². The highest BCUT2D eigenvalue weighted by Gasteiger charge is 2.34. The third-order valence-corrected chi connectivity index (χ3v) is 6.27. The van der Waals surface area contributed by atoms with Crippen LogP contribution in [0.25, 0.3) is 11.1 Å². The second-order valence-corrected chi connectivity index (χ2v) is 9.89. The molecule has 0 N–H and O–H groups in total. The number of alkyl halides is 3. The van der Waals surface area contributed by atoms with Crippen molar-refractivity contribution in [1.82, 2.24) is 4.98 Å². The Morgan fingerprint density at radius 1 is 1.03 bits per heavy atom. The molecule has 0 saturated carbocycles. The van der Waals surface area contributed by atoms with Crippen molar-refractivity contribution in [2.45, 2.75) is 18.0 Å². The number of benzene rings is 2. The summed E-state index contributed by atoms with van der Waals surface area (Å²) in [7, 11) is -3.01. The number of nitrogens with zero attached hydrogens (tertiary/aromatic N) is 2. The number of anilines is 1. The Labute approximate surface area is 213 Å². The summed E-state index contributed by atoms with van der Waals surface area (Å²) in [6.07, 6.45) is -2.03. The number of sulfone groups is 1. The van der Waals surface area contributed by atoms with Crippen LogP contribution in [-0.2, 0) is 25.5 Å². The SMILES string of the molecule is COc1cc(F)c(F)cc1-c1ccncc1N(COC(C)=O)C(=O)c1cc(C(F)(F)F)cc(S(C)(=O)=O)c1. The first-order valence-electron chi connectivity index (χ1n) is 10.5. The monoisotopic (exact) mass is 558 g/mol. The largest absolute Gasteiger partial charge is 0.496 e. The molecule has 1 aromatic heterocycles. The van der Waals surface area contributed by atoms with Crippen molar-refractivity contribution in [3.05, 3.63) is 71.6 Å². The molecule has 0 saturated heterocycles. The van der Waals surface area contributed by atoms with Crippen molar-refractivity contribution in [1.29, 1.82) is 0 Å². The molecular weight excluding hydrogens is 539 g/mol. The molecule has 1 heterocycles. The maximum absolute atomic E-state index is 14.1. The first-order valence-corrected chi connectivity index (χ1v) is 12.4. The molecular formula is C24H19F5N2O6S. The van der Waals surface area contributed by atoms with Gasteiger partial charge in [0.15, 0.2) is 28.2 Å². The highest BCUT2D eigenvalue weighted by atomic mass is 32.2. The molecule has 0 radical (unpaired) electrons. The van der Waals surface area contributed by atoms with E-state index >= 15 is 0 Å². The number of amides is 1. The maximum atomic E-state index is 14.1. The zero-order valence-electron chi connectivity index (χ0n) is 20.0. The van der Waals surface area contributed by atoms with Gasteiger partial charge in [0.05, 0.1) is 29.5 Å². The molecule has 0 spiro atoms. The zero-order valence-corrected chi connectivity index (χ0v) is 20.8. The second-order valence-electron chi connectivity index (χ2n) is 7.87. The number of hydrogen-bond donors (Lipinski definition) is 0. The van der Waals surface area contributed by atoms with Gasteiger partial charge in [-0.25, -0.2) is 17.2 Å². The molecule has 0 fully saturated rings. The Kier molecular flexibility index (Phi) is 8.05. The summed E-state index contributed by atoms with van der Waals surface area (Å²) in [6, 6.07) is 4.36. The first-order chi connectivity index (χ1) is 17.6. The Morgan fingerprint density at radius 3 is 2.26 bits per heavy atom. The quantitative estimate of drug-likeness (QED) is 0.237. The molecule has 3 aromatic rings. The van der Waals surface area contributed by atoms with E-state index in [1.165, 1.54) is 19.4 Å². The summed E-state index contributed by atoms with van der Waals surface area (Å²) < 4.78 is 103. The topological polar surface area (TPSA) is 103 Å². The molecule has 8 nitrogen and oxygen atoms in total. The molecule has 2 aromatic carbocycles. The van der Waals surface area contributed by atoms with E-state index in [2.05, 4.69) is 4.98 Å². The summed E-state index contributed by atoms with van der Waals surface area (Å²) >= 11 is 0. The van der Waals surface area contributed by atoms with Crippen LogP contribution in [0.15, 0.2) is 53.7 Å². The third-order valence-electron chi connectivity index (χ3n) is 5.17. The lowest BCUT2D eigenvalue weighted by atomic mass is 10.0. The van der Waals surface area contributed by atoms with E-state index < -0.39 is 62.3 Å². The zero-order chi connectivity index (χ0) is 28.4. The average Bonchev–Trinajstić information content (AvgIpc) is 2.84. The van der Waals surface area contributed by atoms with Crippen molar-refractivity contribution in [3.63, 3.8) is 0 Å². The fourth-order valence-electron chi connectivity index (χ4n) is 3.39. The Bertz CT molecular complexity index is 1510. The van der Waals surface area contributed by atoms with E-state index in [1.54, 1.807) is 0 Å². The second kappa shape index (κ2) is 10.7. The van der Waals surface area contributed by atoms with Gasteiger partial charge in [-0.3, -0.25) is 19.5 Å². The molecule has 0 atom stereocenters. The number of rotatable bonds is 7. The van der Waals surface area contributed by atoms with E-state index in [0.29, 0.717) is 23.3 Å². The number of aromatic nitrogens is 1. The van der Waals surface area contributed by atoms with Gasteiger partial charge in [0.1, 0.15) is 5.75 Å². The Balaban J connectivity index is 2.27. The maximum Gasteiger partial charge on any atom is 0.416 e. The minimum Gasteiger partial charge on any atom is -0.496 e. The van der Waals surface area contributed by atoms with Gasteiger partial charge in [-0.05, 0) is 30.3 Å². The summed E-state index contributed by atoms with van der Waals surface area (Å²) in [5, 5.41) is 0. The van der Waals surface area contributed by atoms with Crippen molar-refractivity contribution in [2.75, 3.05) is 25.0 Å². The molecule has 202 valence electrons. The smallest absolute Gasteiger partial charge is 0.416 e. The lowest BCUT2D eigenvalue weighted by Gasteiger charge is -2.25. The summed E-state index contributed by atoms with van der Waals surface area (Å²) in [5.74, 6) is -4.73. The predicted octanol–water partition coefficient (Wildman–Crippen LogP) is 4.63. The van der Waals surface area contributed by atoms with Gasteiger partial charge in [-0.2, -0.15) is 13.2 Å². The molecule has 3 rings (SSSR count). The molecule has 0 aliphatic carbocycles. The van der Waals surface area contributed by atoms with Crippen LogP contribution in [-0.4, -0.2) is 45.4 Å². The van der Waals surface area contributed by atoms with E-state index in [0.717, 1.165) is 31.3 Å². The fraction of sp³-hybridized carbons (Fsp3) is 0.208. The standard InChI is InChI=1S/C24H19F5N2O6S/c1-13(32)37-12-31(23(33)14-6-15(24(27,28)29)8-16(7-14)38(3,34)35)21-11-30-5-4-17(21)18-9-19(25)20(26)10-22(18)36-2/h4-11H,12H2,1-3H3. The van der Waals surface area contributed by atoms with Crippen LogP contribution < -0.4 is 9.64 Å². The highest BCUT2D eigenvalue weighted by molar-refractivity contribution is 7.90. The minimum absolute atomic E-state index is 0.00608. The molecule has 38 heavy (non-hydrogen) atoms. The molecule has 0 aliphatic rings. The van der Waals surface area contributed by atoms with Crippen LogP contribution in [0, 0.1) is 11.6 Å². The minimum atomic E-state index is -5.01. The summed E-state index contributed by atoms with van der Waals surface area (Å²) in [5.41, 5.74) is -2.37. The summed E-state index contributed by atoms with van der Waals surface area (Å²) in [4.78, 5) is 28.9.